The fourth-order valence-corrected chi connectivity index (χ4v) is 1.94. The average molecular weight is 200 g/mol. The second-order valence-electron chi connectivity index (χ2n) is 4.64. The van der Waals surface area contributed by atoms with Crippen LogP contribution < -0.4 is 11.1 Å². The minimum atomic E-state index is -0.817. The Hall–Kier alpha value is -0.610. The standard InChI is InChI=1S/C10H20N2O2/c1-10(2,9(13)14)8(11)7-3-5-12-6-4-7/h7-8,12H,3-6,11H2,1-2H3,(H,13,14). The number of rotatable bonds is 3. The van der Waals surface area contributed by atoms with Crippen LogP contribution in [0.5, 0.6) is 0 Å². The molecule has 0 radical (unpaired) electrons. The molecule has 14 heavy (non-hydrogen) atoms. The van der Waals surface area contributed by atoms with Crippen molar-refractivity contribution in [2.45, 2.75) is 32.7 Å². The highest BCUT2D eigenvalue weighted by molar-refractivity contribution is 5.74. The van der Waals surface area contributed by atoms with E-state index in [1.54, 1.807) is 13.8 Å². The van der Waals surface area contributed by atoms with Crippen molar-refractivity contribution in [2.24, 2.45) is 17.1 Å². The van der Waals surface area contributed by atoms with Gasteiger partial charge < -0.3 is 16.2 Å². The Labute approximate surface area is 84.9 Å². The van der Waals surface area contributed by atoms with Crippen LogP contribution in [0, 0.1) is 11.3 Å². The molecule has 1 atom stereocenters. The van der Waals surface area contributed by atoms with E-state index in [4.69, 9.17) is 10.8 Å². The lowest BCUT2D eigenvalue weighted by atomic mass is 9.75. The van der Waals surface area contributed by atoms with Crippen molar-refractivity contribution in [2.75, 3.05) is 13.1 Å². The molecule has 1 rings (SSSR count). The number of carboxylic acid groups (broad SMARTS) is 1. The molecule has 0 spiro atoms. The summed E-state index contributed by atoms with van der Waals surface area (Å²) in [6.45, 7) is 5.33. The Kier molecular flexibility index (Phi) is 3.50. The third-order valence-electron chi connectivity index (χ3n) is 3.28. The summed E-state index contributed by atoms with van der Waals surface area (Å²) in [6.07, 6.45) is 1.97. The normalized spacial score (nSPS) is 21.9. The monoisotopic (exact) mass is 200 g/mol. The minimum Gasteiger partial charge on any atom is -0.481 e. The molecule has 4 heteroatoms. The summed E-state index contributed by atoms with van der Waals surface area (Å²) in [4.78, 5) is 11.0. The number of aliphatic carboxylic acids is 1. The van der Waals surface area contributed by atoms with Crippen LogP contribution in [0.1, 0.15) is 26.7 Å². The zero-order valence-electron chi connectivity index (χ0n) is 8.92. The molecule has 0 aliphatic carbocycles. The van der Waals surface area contributed by atoms with Crippen LogP contribution in [0.3, 0.4) is 0 Å². The number of carbonyl (C=O) groups is 1. The number of hydrogen-bond donors (Lipinski definition) is 3. The molecule has 82 valence electrons. The van der Waals surface area contributed by atoms with E-state index in [9.17, 15) is 4.79 Å². The molecule has 0 amide bonds. The molecule has 0 aromatic rings. The van der Waals surface area contributed by atoms with Gasteiger partial charge in [0.1, 0.15) is 0 Å². The van der Waals surface area contributed by atoms with Crippen LogP contribution in [-0.2, 0) is 4.79 Å². The second kappa shape index (κ2) is 4.28. The van der Waals surface area contributed by atoms with Gasteiger partial charge in [-0.1, -0.05) is 0 Å². The summed E-state index contributed by atoms with van der Waals surface area (Å²) in [5.41, 5.74) is 5.20. The summed E-state index contributed by atoms with van der Waals surface area (Å²) in [5.74, 6) is -0.467. The number of piperidine rings is 1. The molecule has 1 saturated heterocycles. The fraction of sp³-hybridized carbons (Fsp3) is 0.900. The molecule has 1 fully saturated rings. The van der Waals surface area contributed by atoms with Gasteiger partial charge in [-0.2, -0.15) is 0 Å². The Morgan fingerprint density at radius 3 is 2.43 bits per heavy atom. The number of hydrogen-bond acceptors (Lipinski definition) is 3. The molecule has 0 aromatic heterocycles. The van der Waals surface area contributed by atoms with Gasteiger partial charge in [0.05, 0.1) is 5.41 Å². The van der Waals surface area contributed by atoms with Crippen LogP contribution in [0.25, 0.3) is 0 Å². The molecule has 1 aliphatic heterocycles. The zero-order chi connectivity index (χ0) is 10.8. The van der Waals surface area contributed by atoms with Crippen molar-refractivity contribution in [1.82, 2.24) is 5.32 Å². The van der Waals surface area contributed by atoms with Crippen LogP contribution in [0.15, 0.2) is 0 Å². The predicted molar refractivity (Wildman–Crippen MR) is 55.0 cm³/mol. The first-order valence-electron chi connectivity index (χ1n) is 5.16. The van der Waals surface area contributed by atoms with Crippen molar-refractivity contribution in [3.8, 4) is 0 Å². The van der Waals surface area contributed by atoms with Crippen molar-refractivity contribution in [3.63, 3.8) is 0 Å². The highest BCUT2D eigenvalue weighted by Crippen LogP contribution is 2.29. The molecule has 1 aliphatic rings. The first kappa shape index (κ1) is 11.5. The highest BCUT2D eigenvalue weighted by Gasteiger charge is 2.39. The van der Waals surface area contributed by atoms with Gasteiger partial charge in [-0.05, 0) is 45.7 Å². The smallest absolute Gasteiger partial charge is 0.310 e. The van der Waals surface area contributed by atoms with Crippen LogP contribution in [0.2, 0.25) is 0 Å². The quantitative estimate of drug-likeness (QED) is 0.617. The molecule has 0 bridgehead atoms. The van der Waals surface area contributed by atoms with Crippen molar-refractivity contribution in [3.05, 3.63) is 0 Å². The van der Waals surface area contributed by atoms with E-state index in [2.05, 4.69) is 5.32 Å². The summed E-state index contributed by atoms with van der Waals surface area (Å²) in [6, 6.07) is -0.248. The van der Waals surface area contributed by atoms with E-state index in [1.165, 1.54) is 0 Å². The van der Waals surface area contributed by atoms with Gasteiger partial charge in [-0.15, -0.1) is 0 Å². The lowest BCUT2D eigenvalue weighted by Crippen LogP contribution is -2.50. The lowest BCUT2D eigenvalue weighted by Gasteiger charge is -2.36. The molecule has 1 heterocycles. The topological polar surface area (TPSA) is 75.3 Å². The van der Waals surface area contributed by atoms with E-state index in [0.29, 0.717) is 5.92 Å². The average Bonchev–Trinajstić information content (AvgIpc) is 2.17. The Bertz CT molecular complexity index is 210. The van der Waals surface area contributed by atoms with Gasteiger partial charge >= 0.3 is 5.97 Å². The predicted octanol–water partition coefficient (Wildman–Crippen LogP) is 0.424. The highest BCUT2D eigenvalue weighted by atomic mass is 16.4. The molecule has 0 aromatic carbocycles. The van der Waals surface area contributed by atoms with E-state index in [-0.39, 0.29) is 6.04 Å². The first-order chi connectivity index (χ1) is 6.46. The molecular weight excluding hydrogens is 180 g/mol. The largest absolute Gasteiger partial charge is 0.481 e. The molecule has 4 nitrogen and oxygen atoms in total. The van der Waals surface area contributed by atoms with Gasteiger partial charge in [0.25, 0.3) is 0 Å². The van der Waals surface area contributed by atoms with Crippen molar-refractivity contribution in [1.29, 1.82) is 0 Å². The van der Waals surface area contributed by atoms with Crippen LogP contribution >= 0.6 is 0 Å². The van der Waals surface area contributed by atoms with E-state index >= 15 is 0 Å². The van der Waals surface area contributed by atoms with Gasteiger partial charge in [0.2, 0.25) is 0 Å². The van der Waals surface area contributed by atoms with Crippen molar-refractivity contribution < 1.29 is 9.90 Å². The van der Waals surface area contributed by atoms with E-state index < -0.39 is 11.4 Å². The molecular formula is C10H20N2O2. The van der Waals surface area contributed by atoms with Gasteiger partial charge in [-0.25, -0.2) is 0 Å². The molecule has 4 N–H and O–H groups in total. The summed E-state index contributed by atoms with van der Waals surface area (Å²) in [7, 11) is 0. The minimum absolute atomic E-state index is 0.248. The van der Waals surface area contributed by atoms with Gasteiger partial charge in [0, 0.05) is 6.04 Å². The molecule has 1 unspecified atom stereocenters. The Morgan fingerprint density at radius 2 is 2.00 bits per heavy atom. The third kappa shape index (κ3) is 2.25. The van der Waals surface area contributed by atoms with Gasteiger partial charge in [0.15, 0.2) is 0 Å². The molecule has 0 saturated carbocycles. The maximum absolute atomic E-state index is 11.0. The van der Waals surface area contributed by atoms with Crippen molar-refractivity contribution >= 4 is 5.97 Å². The first-order valence-corrected chi connectivity index (χ1v) is 5.16. The Balaban J connectivity index is 2.62. The van der Waals surface area contributed by atoms with Crippen LogP contribution in [-0.4, -0.2) is 30.2 Å². The second-order valence-corrected chi connectivity index (χ2v) is 4.64. The number of nitrogens with one attached hydrogen (secondary N) is 1. The number of carboxylic acids is 1. The maximum atomic E-state index is 11.0. The summed E-state index contributed by atoms with van der Waals surface area (Å²) in [5, 5.41) is 12.3. The zero-order valence-corrected chi connectivity index (χ0v) is 8.92. The fourth-order valence-electron chi connectivity index (χ4n) is 1.94. The maximum Gasteiger partial charge on any atom is 0.310 e. The summed E-state index contributed by atoms with van der Waals surface area (Å²) >= 11 is 0. The van der Waals surface area contributed by atoms with Crippen LogP contribution in [0.4, 0.5) is 0 Å². The van der Waals surface area contributed by atoms with E-state index in [1.807, 2.05) is 0 Å². The van der Waals surface area contributed by atoms with Gasteiger partial charge in [-0.3, -0.25) is 4.79 Å². The summed E-state index contributed by atoms with van der Waals surface area (Å²) < 4.78 is 0. The SMILES string of the molecule is CC(C)(C(=O)O)C(N)C1CCNCC1. The lowest BCUT2D eigenvalue weighted by molar-refractivity contribution is -0.149. The van der Waals surface area contributed by atoms with E-state index in [0.717, 1.165) is 25.9 Å². The third-order valence-corrected chi connectivity index (χ3v) is 3.28. The number of nitrogens with two attached hydrogens (primary N) is 1. The Morgan fingerprint density at radius 1 is 1.50 bits per heavy atom.